The van der Waals surface area contributed by atoms with Gasteiger partial charge >= 0.3 is 0 Å². The van der Waals surface area contributed by atoms with Crippen LogP contribution in [0, 0.1) is 15.9 Å². The van der Waals surface area contributed by atoms with Crippen molar-refractivity contribution in [3.8, 4) is 0 Å². The highest BCUT2D eigenvalue weighted by atomic mass is 19.1. The second-order valence-corrected chi connectivity index (χ2v) is 5.74. The van der Waals surface area contributed by atoms with Gasteiger partial charge in [0.15, 0.2) is 0 Å². The van der Waals surface area contributed by atoms with E-state index in [1.165, 1.54) is 6.07 Å². The molecule has 112 valence electrons. The maximum Gasteiger partial charge on any atom is 0.271 e. The van der Waals surface area contributed by atoms with Gasteiger partial charge in [0, 0.05) is 30.4 Å². The number of non-ortho nitro benzene ring substituents is 1. The molecule has 0 spiro atoms. The predicted octanol–water partition coefficient (Wildman–Crippen LogP) is 3.30. The number of nitrogens with zero attached hydrogens (tertiary/aromatic N) is 3. The Morgan fingerprint density at radius 2 is 2.14 bits per heavy atom. The Balaban J connectivity index is 2.11. The maximum atomic E-state index is 13.6. The van der Waals surface area contributed by atoms with E-state index in [9.17, 15) is 14.5 Å². The second kappa shape index (κ2) is 5.51. The van der Waals surface area contributed by atoms with Crippen LogP contribution in [0.2, 0.25) is 0 Å². The highest BCUT2D eigenvalue weighted by molar-refractivity contribution is 5.52. The van der Waals surface area contributed by atoms with Gasteiger partial charge in [0.1, 0.15) is 5.82 Å². The smallest absolute Gasteiger partial charge is 0.271 e. The molecule has 2 rings (SSSR count). The zero-order chi connectivity index (χ0) is 15.6. The zero-order valence-electron chi connectivity index (χ0n) is 12.1. The van der Waals surface area contributed by atoms with E-state index in [1.54, 1.807) is 6.20 Å². The van der Waals surface area contributed by atoms with Crippen LogP contribution in [0.3, 0.4) is 0 Å². The molecule has 0 amide bonds. The Morgan fingerprint density at radius 3 is 2.71 bits per heavy atom. The number of hydrogen-bond acceptors (Lipinski definition) is 4. The molecular formula is C14H17FN4O2. The summed E-state index contributed by atoms with van der Waals surface area (Å²) in [7, 11) is 0. The molecular weight excluding hydrogens is 275 g/mol. The number of aromatic nitrogens is 2. The van der Waals surface area contributed by atoms with Crippen molar-refractivity contribution >= 4 is 11.4 Å². The van der Waals surface area contributed by atoms with E-state index >= 15 is 0 Å². The molecule has 0 aliphatic rings. The number of halogens is 1. The average molecular weight is 292 g/mol. The topological polar surface area (TPSA) is 73.0 Å². The van der Waals surface area contributed by atoms with Crippen LogP contribution in [0.15, 0.2) is 30.6 Å². The van der Waals surface area contributed by atoms with Gasteiger partial charge in [0.05, 0.1) is 22.3 Å². The fourth-order valence-electron chi connectivity index (χ4n) is 1.78. The Hall–Kier alpha value is -2.44. The second-order valence-electron chi connectivity index (χ2n) is 5.74. The Bertz CT molecular complexity index is 661. The van der Waals surface area contributed by atoms with Crippen LogP contribution < -0.4 is 5.32 Å². The van der Waals surface area contributed by atoms with Crippen LogP contribution in [0.25, 0.3) is 0 Å². The molecule has 7 heteroatoms. The third kappa shape index (κ3) is 3.56. The van der Waals surface area contributed by atoms with E-state index in [0.29, 0.717) is 6.54 Å². The first-order valence-electron chi connectivity index (χ1n) is 6.49. The summed E-state index contributed by atoms with van der Waals surface area (Å²) in [5.41, 5.74) is 0.697. The van der Waals surface area contributed by atoms with E-state index in [-0.39, 0.29) is 16.9 Å². The molecule has 6 nitrogen and oxygen atoms in total. The van der Waals surface area contributed by atoms with Crippen molar-refractivity contribution in [3.63, 3.8) is 0 Å². The van der Waals surface area contributed by atoms with E-state index < -0.39 is 10.7 Å². The van der Waals surface area contributed by atoms with Gasteiger partial charge in [-0.3, -0.25) is 14.8 Å². The first-order valence-corrected chi connectivity index (χ1v) is 6.49. The number of benzene rings is 1. The van der Waals surface area contributed by atoms with Crippen LogP contribution in [0.5, 0.6) is 0 Å². The predicted molar refractivity (Wildman–Crippen MR) is 77.6 cm³/mol. The first kappa shape index (κ1) is 15.0. The highest BCUT2D eigenvalue weighted by Gasteiger charge is 2.14. The van der Waals surface area contributed by atoms with Crippen molar-refractivity contribution in [2.24, 2.45) is 0 Å². The third-order valence-corrected chi connectivity index (χ3v) is 2.97. The van der Waals surface area contributed by atoms with Crippen LogP contribution in [0.4, 0.5) is 15.8 Å². The summed E-state index contributed by atoms with van der Waals surface area (Å²) in [5, 5.41) is 17.8. The Labute approximate surface area is 121 Å². The van der Waals surface area contributed by atoms with Crippen LogP contribution >= 0.6 is 0 Å². The summed E-state index contributed by atoms with van der Waals surface area (Å²) in [4.78, 5) is 10.1. The lowest BCUT2D eigenvalue weighted by Gasteiger charge is -2.18. The summed E-state index contributed by atoms with van der Waals surface area (Å²) in [5.74, 6) is -0.524. The summed E-state index contributed by atoms with van der Waals surface area (Å²) in [6.07, 6.45) is 3.55. The van der Waals surface area contributed by atoms with Gasteiger partial charge in [-0.15, -0.1) is 0 Å². The van der Waals surface area contributed by atoms with Crippen LogP contribution in [-0.2, 0) is 12.1 Å². The largest absolute Gasteiger partial charge is 0.378 e. The molecule has 0 unspecified atom stereocenters. The van der Waals surface area contributed by atoms with E-state index in [4.69, 9.17) is 0 Å². The molecule has 21 heavy (non-hydrogen) atoms. The number of nitro groups is 1. The van der Waals surface area contributed by atoms with Crippen molar-refractivity contribution < 1.29 is 9.31 Å². The summed E-state index contributed by atoms with van der Waals surface area (Å²) in [6, 6.07) is 3.40. The van der Waals surface area contributed by atoms with E-state index in [0.717, 1.165) is 17.7 Å². The fourth-order valence-corrected chi connectivity index (χ4v) is 1.78. The lowest BCUT2D eigenvalue weighted by Crippen LogP contribution is -2.21. The van der Waals surface area contributed by atoms with E-state index in [2.05, 4.69) is 10.4 Å². The quantitative estimate of drug-likeness (QED) is 0.693. The highest BCUT2D eigenvalue weighted by Crippen LogP contribution is 2.22. The molecule has 0 saturated heterocycles. The Kier molecular flexibility index (Phi) is 3.93. The first-order chi connectivity index (χ1) is 9.77. The van der Waals surface area contributed by atoms with Gasteiger partial charge in [-0.05, 0) is 26.8 Å². The van der Waals surface area contributed by atoms with Gasteiger partial charge in [-0.1, -0.05) is 0 Å². The normalized spacial score (nSPS) is 11.4. The van der Waals surface area contributed by atoms with Crippen LogP contribution in [-0.4, -0.2) is 14.7 Å². The summed E-state index contributed by atoms with van der Waals surface area (Å²) >= 11 is 0. The Morgan fingerprint density at radius 1 is 1.43 bits per heavy atom. The lowest BCUT2D eigenvalue weighted by molar-refractivity contribution is -0.384. The van der Waals surface area contributed by atoms with Crippen molar-refractivity contribution in [3.05, 3.63) is 52.1 Å². The fraction of sp³-hybridized carbons (Fsp3) is 0.357. The standard InChI is InChI=1S/C14H17FN4O2/c1-14(2,3)18-9-10(8-17-18)7-16-13-6-11(19(20)21)4-5-12(13)15/h4-6,8-9,16H,7H2,1-3H3. The molecule has 0 saturated carbocycles. The minimum absolute atomic E-state index is 0.104. The molecule has 1 N–H and O–H groups in total. The van der Waals surface area contributed by atoms with Crippen molar-refractivity contribution in [2.45, 2.75) is 32.9 Å². The molecule has 0 atom stereocenters. The van der Waals surface area contributed by atoms with Crippen molar-refractivity contribution in [1.29, 1.82) is 0 Å². The van der Waals surface area contributed by atoms with E-state index in [1.807, 2.05) is 31.6 Å². The van der Waals surface area contributed by atoms with Gasteiger partial charge in [-0.25, -0.2) is 4.39 Å². The zero-order valence-corrected chi connectivity index (χ0v) is 12.1. The minimum atomic E-state index is -0.553. The molecule has 0 aliphatic heterocycles. The maximum absolute atomic E-state index is 13.6. The SMILES string of the molecule is CC(C)(C)n1cc(CNc2cc([N+](=O)[O-])ccc2F)cn1. The average Bonchev–Trinajstić information content (AvgIpc) is 2.86. The monoisotopic (exact) mass is 292 g/mol. The molecule has 1 aromatic carbocycles. The number of nitro benzene ring substituents is 1. The molecule has 0 fully saturated rings. The molecule has 0 aliphatic carbocycles. The number of anilines is 1. The molecule has 0 radical (unpaired) electrons. The molecule has 0 bridgehead atoms. The van der Waals surface area contributed by atoms with Crippen molar-refractivity contribution in [2.75, 3.05) is 5.32 Å². The molecule has 2 aromatic rings. The van der Waals surface area contributed by atoms with Gasteiger partial charge in [-0.2, -0.15) is 5.10 Å². The summed E-state index contributed by atoms with van der Waals surface area (Å²) < 4.78 is 15.4. The van der Waals surface area contributed by atoms with Gasteiger partial charge in [0.25, 0.3) is 5.69 Å². The minimum Gasteiger partial charge on any atom is -0.378 e. The third-order valence-electron chi connectivity index (χ3n) is 2.97. The van der Waals surface area contributed by atoms with Gasteiger partial charge in [0.2, 0.25) is 0 Å². The summed E-state index contributed by atoms with van der Waals surface area (Å²) in [6.45, 7) is 6.42. The molecule has 1 heterocycles. The van der Waals surface area contributed by atoms with Crippen molar-refractivity contribution in [1.82, 2.24) is 9.78 Å². The lowest BCUT2D eigenvalue weighted by atomic mass is 10.1. The van der Waals surface area contributed by atoms with Crippen LogP contribution in [0.1, 0.15) is 26.3 Å². The molecule has 1 aromatic heterocycles. The number of nitrogens with one attached hydrogen (secondary N) is 1. The number of hydrogen-bond donors (Lipinski definition) is 1. The number of rotatable bonds is 4. The van der Waals surface area contributed by atoms with Gasteiger partial charge < -0.3 is 5.32 Å².